The summed E-state index contributed by atoms with van der Waals surface area (Å²) < 4.78 is 0. The van der Waals surface area contributed by atoms with Crippen molar-refractivity contribution in [2.75, 3.05) is 0 Å². The quantitative estimate of drug-likeness (QED) is 0.672. The number of hydrogen-bond acceptors (Lipinski definition) is 3. The van der Waals surface area contributed by atoms with Gasteiger partial charge in [0.25, 0.3) is 5.91 Å². The third kappa shape index (κ3) is 1.25. The Morgan fingerprint density at radius 1 is 1.47 bits per heavy atom. The van der Waals surface area contributed by atoms with Crippen molar-refractivity contribution in [3.8, 4) is 0 Å². The standard InChI is InChI=1S/C11H10N2O2/c14-6-8-3-10-7(4-12-8)5-13(11(10)15)9-1-2-9/h3-4,6,9H,1-2,5H2. The fourth-order valence-electron chi connectivity index (χ4n) is 1.98. The highest BCUT2D eigenvalue weighted by molar-refractivity contribution is 5.99. The number of rotatable bonds is 2. The van der Waals surface area contributed by atoms with E-state index in [0.29, 0.717) is 30.1 Å². The summed E-state index contributed by atoms with van der Waals surface area (Å²) in [6, 6.07) is 2.01. The Balaban J connectivity index is 2.00. The van der Waals surface area contributed by atoms with Crippen LogP contribution in [-0.4, -0.2) is 28.1 Å². The predicted molar refractivity (Wildman–Crippen MR) is 52.5 cm³/mol. The van der Waals surface area contributed by atoms with Crippen molar-refractivity contribution in [3.05, 3.63) is 29.1 Å². The van der Waals surface area contributed by atoms with Gasteiger partial charge < -0.3 is 4.90 Å². The van der Waals surface area contributed by atoms with E-state index in [1.807, 2.05) is 4.90 Å². The van der Waals surface area contributed by atoms with E-state index in [1.54, 1.807) is 12.3 Å². The van der Waals surface area contributed by atoms with Crippen LogP contribution in [0.2, 0.25) is 0 Å². The van der Waals surface area contributed by atoms with Crippen molar-refractivity contribution in [2.24, 2.45) is 0 Å². The summed E-state index contributed by atoms with van der Waals surface area (Å²) in [4.78, 5) is 28.3. The van der Waals surface area contributed by atoms with E-state index in [-0.39, 0.29) is 5.91 Å². The van der Waals surface area contributed by atoms with Gasteiger partial charge in [-0.1, -0.05) is 0 Å². The minimum Gasteiger partial charge on any atom is -0.331 e. The first-order valence-corrected chi connectivity index (χ1v) is 5.04. The molecule has 1 aromatic heterocycles. The first kappa shape index (κ1) is 8.59. The van der Waals surface area contributed by atoms with Crippen molar-refractivity contribution in [3.63, 3.8) is 0 Å². The molecule has 0 unspecified atom stereocenters. The maximum Gasteiger partial charge on any atom is 0.254 e. The van der Waals surface area contributed by atoms with Crippen LogP contribution < -0.4 is 0 Å². The molecule has 1 amide bonds. The molecule has 2 heterocycles. The number of aromatic nitrogens is 1. The topological polar surface area (TPSA) is 50.3 Å². The van der Waals surface area contributed by atoms with Gasteiger partial charge in [0, 0.05) is 29.9 Å². The first-order valence-electron chi connectivity index (χ1n) is 5.04. The molecule has 1 saturated carbocycles. The van der Waals surface area contributed by atoms with Gasteiger partial charge in [-0.15, -0.1) is 0 Å². The largest absolute Gasteiger partial charge is 0.331 e. The monoisotopic (exact) mass is 202 g/mol. The van der Waals surface area contributed by atoms with E-state index >= 15 is 0 Å². The minimum absolute atomic E-state index is 0.0537. The van der Waals surface area contributed by atoms with Crippen molar-refractivity contribution in [1.82, 2.24) is 9.88 Å². The van der Waals surface area contributed by atoms with Crippen molar-refractivity contribution >= 4 is 12.2 Å². The van der Waals surface area contributed by atoms with E-state index in [2.05, 4.69) is 4.98 Å². The van der Waals surface area contributed by atoms with Gasteiger partial charge in [-0.3, -0.25) is 14.6 Å². The number of aldehydes is 1. The van der Waals surface area contributed by atoms with Crippen LogP contribution in [0, 0.1) is 0 Å². The Kier molecular flexibility index (Phi) is 1.65. The summed E-state index contributed by atoms with van der Waals surface area (Å²) in [7, 11) is 0. The molecule has 0 saturated heterocycles. The van der Waals surface area contributed by atoms with Gasteiger partial charge in [0.1, 0.15) is 5.69 Å². The highest BCUT2D eigenvalue weighted by Crippen LogP contribution is 2.34. The minimum atomic E-state index is 0.0537. The van der Waals surface area contributed by atoms with Gasteiger partial charge >= 0.3 is 0 Å². The molecule has 15 heavy (non-hydrogen) atoms. The zero-order valence-corrected chi connectivity index (χ0v) is 8.14. The molecule has 0 aromatic carbocycles. The lowest BCUT2D eigenvalue weighted by atomic mass is 10.1. The SMILES string of the molecule is O=Cc1cc2c(cn1)CN(C1CC1)C2=O. The molecule has 0 N–H and O–H groups in total. The van der Waals surface area contributed by atoms with Crippen LogP contribution in [0.4, 0.5) is 0 Å². The average molecular weight is 202 g/mol. The molecular weight excluding hydrogens is 192 g/mol. The highest BCUT2D eigenvalue weighted by Gasteiger charge is 2.38. The first-order chi connectivity index (χ1) is 7.29. The summed E-state index contributed by atoms with van der Waals surface area (Å²) in [6.07, 6.45) is 4.52. The Morgan fingerprint density at radius 2 is 2.27 bits per heavy atom. The maximum absolute atomic E-state index is 11.9. The second kappa shape index (κ2) is 2.89. The van der Waals surface area contributed by atoms with E-state index in [4.69, 9.17) is 0 Å². The molecule has 0 spiro atoms. The average Bonchev–Trinajstić information content (AvgIpc) is 3.05. The summed E-state index contributed by atoms with van der Waals surface area (Å²) >= 11 is 0. The second-order valence-corrected chi connectivity index (χ2v) is 4.05. The molecule has 0 radical (unpaired) electrons. The molecule has 76 valence electrons. The molecule has 1 aliphatic carbocycles. The van der Waals surface area contributed by atoms with Crippen molar-refractivity contribution in [1.29, 1.82) is 0 Å². The molecule has 1 fully saturated rings. The highest BCUT2D eigenvalue weighted by atomic mass is 16.2. The summed E-state index contributed by atoms with van der Waals surface area (Å²) in [5.41, 5.74) is 1.93. The number of carbonyl (C=O) groups excluding carboxylic acids is 2. The van der Waals surface area contributed by atoms with E-state index in [9.17, 15) is 9.59 Å². The predicted octanol–water partition coefficient (Wildman–Crippen LogP) is 1.01. The molecule has 1 aromatic rings. The van der Waals surface area contributed by atoms with Crippen LogP contribution in [0.3, 0.4) is 0 Å². The summed E-state index contributed by atoms with van der Waals surface area (Å²) in [5.74, 6) is 0.0537. The molecule has 4 heteroatoms. The number of hydrogen-bond donors (Lipinski definition) is 0. The molecule has 3 rings (SSSR count). The Labute approximate surface area is 86.9 Å². The van der Waals surface area contributed by atoms with Crippen LogP contribution >= 0.6 is 0 Å². The third-order valence-corrected chi connectivity index (χ3v) is 2.95. The van der Waals surface area contributed by atoms with E-state index in [1.165, 1.54) is 0 Å². The molecule has 1 aliphatic heterocycles. The van der Waals surface area contributed by atoms with Crippen molar-refractivity contribution < 1.29 is 9.59 Å². The number of fused-ring (bicyclic) bond motifs is 1. The van der Waals surface area contributed by atoms with Crippen molar-refractivity contribution in [2.45, 2.75) is 25.4 Å². The van der Waals surface area contributed by atoms with Crippen LogP contribution in [-0.2, 0) is 6.54 Å². The Bertz CT molecular complexity index is 452. The molecule has 0 bridgehead atoms. The van der Waals surface area contributed by atoms with Crippen LogP contribution in [0.5, 0.6) is 0 Å². The number of carbonyl (C=O) groups is 2. The normalized spacial score (nSPS) is 19.2. The third-order valence-electron chi connectivity index (χ3n) is 2.95. The van der Waals surface area contributed by atoms with E-state index in [0.717, 1.165) is 18.4 Å². The molecular formula is C11H10N2O2. The Hall–Kier alpha value is -1.71. The number of amides is 1. The zero-order valence-electron chi connectivity index (χ0n) is 8.14. The fourth-order valence-corrected chi connectivity index (χ4v) is 1.98. The molecule has 0 atom stereocenters. The van der Waals surface area contributed by atoms with Gasteiger partial charge in [0.15, 0.2) is 6.29 Å². The van der Waals surface area contributed by atoms with Gasteiger partial charge in [-0.25, -0.2) is 0 Å². The lowest BCUT2D eigenvalue weighted by Crippen LogP contribution is -2.25. The molecule has 4 nitrogen and oxygen atoms in total. The summed E-state index contributed by atoms with van der Waals surface area (Å²) in [6.45, 7) is 0.658. The molecule has 2 aliphatic rings. The van der Waals surface area contributed by atoms with E-state index < -0.39 is 0 Å². The van der Waals surface area contributed by atoms with Gasteiger partial charge in [-0.2, -0.15) is 0 Å². The van der Waals surface area contributed by atoms with Gasteiger partial charge in [0.05, 0.1) is 0 Å². The van der Waals surface area contributed by atoms with Gasteiger partial charge in [0.2, 0.25) is 0 Å². The zero-order chi connectivity index (χ0) is 10.4. The Morgan fingerprint density at radius 3 is 2.93 bits per heavy atom. The lowest BCUT2D eigenvalue weighted by molar-refractivity contribution is 0.0766. The lowest BCUT2D eigenvalue weighted by Gasteiger charge is -2.13. The number of nitrogens with zero attached hydrogens (tertiary/aromatic N) is 2. The van der Waals surface area contributed by atoms with Crippen LogP contribution in [0.25, 0.3) is 0 Å². The van der Waals surface area contributed by atoms with Crippen LogP contribution in [0.15, 0.2) is 12.3 Å². The maximum atomic E-state index is 11.9. The van der Waals surface area contributed by atoms with Crippen LogP contribution in [0.1, 0.15) is 39.3 Å². The smallest absolute Gasteiger partial charge is 0.254 e. The fraction of sp³-hybridized carbons (Fsp3) is 0.364. The second-order valence-electron chi connectivity index (χ2n) is 4.05. The number of pyridine rings is 1. The summed E-state index contributed by atoms with van der Waals surface area (Å²) in [5, 5.41) is 0. The van der Waals surface area contributed by atoms with Gasteiger partial charge in [-0.05, 0) is 18.9 Å².